The number of nitrogens with zero attached hydrogens (tertiary/aromatic N) is 4. The van der Waals surface area contributed by atoms with E-state index >= 15 is 0 Å². The summed E-state index contributed by atoms with van der Waals surface area (Å²) in [4.78, 5) is 10.8. The normalized spacial score (nSPS) is 21.0. The van der Waals surface area contributed by atoms with Crippen LogP contribution in [0.2, 0.25) is 0 Å². The zero-order chi connectivity index (χ0) is 11.8. The fourth-order valence-corrected chi connectivity index (χ4v) is 2.47. The van der Waals surface area contributed by atoms with E-state index in [4.69, 9.17) is 5.73 Å². The van der Waals surface area contributed by atoms with Crippen molar-refractivity contribution in [2.75, 3.05) is 17.2 Å². The number of H-pyrrole nitrogens is 1. The van der Waals surface area contributed by atoms with Crippen LogP contribution >= 0.6 is 0 Å². The summed E-state index contributed by atoms with van der Waals surface area (Å²) in [5.41, 5.74) is 6.45. The summed E-state index contributed by atoms with van der Waals surface area (Å²) in [6.45, 7) is 3.25. The van der Waals surface area contributed by atoms with Crippen LogP contribution in [-0.2, 0) is 0 Å². The molecule has 0 saturated carbocycles. The molecule has 2 aromatic heterocycles. The summed E-state index contributed by atoms with van der Waals surface area (Å²) in [6, 6.07) is 0.496. The Morgan fingerprint density at radius 3 is 3.12 bits per heavy atom. The van der Waals surface area contributed by atoms with E-state index in [0.717, 1.165) is 17.7 Å². The summed E-state index contributed by atoms with van der Waals surface area (Å²) < 4.78 is 0. The topological polar surface area (TPSA) is 83.7 Å². The van der Waals surface area contributed by atoms with Crippen molar-refractivity contribution in [3.63, 3.8) is 0 Å². The van der Waals surface area contributed by atoms with Crippen LogP contribution in [-0.4, -0.2) is 32.8 Å². The van der Waals surface area contributed by atoms with Crippen LogP contribution in [0.5, 0.6) is 0 Å². The van der Waals surface area contributed by atoms with E-state index < -0.39 is 0 Å². The number of aromatic amines is 1. The fourth-order valence-electron chi connectivity index (χ4n) is 2.47. The number of nitrogens with two attached hydrogens (primary N) is 1. The van der Waals surface area contributed by atoms with Crippen molar-refractivity contribution in [1.82, 2.24) is 20.2 Å². The molecule has 1 saturated heterocycles. The molecule has 17 heavy (non-hydrogen) atoms. The molecule has 1 atom stereocenters. The van der Waals surface area contributed by atoms with Gasteiger partial charge in [0.05, 0.1) is 11.6 Å². The number of nitrogen functional groups attached to an aromatic ring is 1. The second-order valence-corrected chi connectivity index (χ2v) is 4.58. The quantitative estimate of drug-likeness (QED) is 0.774. The first-order valence-electron chi connectivity index (χ1n) is 5.99. The van der Waals surface area contributed by atoms with E-state index in [2.05, 4.69) is 32.0 Å². The first-order chi connectivity index (χ1) is 8.25. The Labute approximate surface area is 99.2 Å². The molecule has 1 unspecified atom stereocenters. The maximum absolute atomic E-state index is 5.74. The molecule has 1 aliphatic heterocycles. The summed E-state index contributed by atoms with van der Waals surface area (Å²) >= 11 is 0. The smallest absolute Gasteiger partial charge is 0.224 e. The molecule has 3 heterocycles. The van der Waals surface area contributed by atoms with Crippen molar-refractivity contribution in [2.45, 2.75) is 32.2 Å². The molecular formula is C11H16N6. The summed E-state index contributed by atoms with van der Waals surface area (Å²) in [5, 5.41) is 7.81. The lowest BCUT2D eigenvalue weighted by Crippen LogP contribution is -2.38. The highest BCUT2D eigenvalue weighted by atomic mass is 15.3. The third-order valence-corrected chi connectivity index (χ3v) is 3.38. The summed E-state index contributed by atoms with van der Waals surface area (Å²) in [6.07, 6.45) is 5.45. The molecule has 3 rings (SSSR count). The standard InChI is InChI=1S/C11H16N6/c1-7-4-2-3-5-17(7)10-8-6-13-16-9(8)14-11(12)15-10/h6-7H,2-5H2,1H3,(H3,12,13,14,15,16). The number of rotatable bonds is 1. The molecule has 3 N–H and O–H groups in total. The molecule has 1 fully saturated rings. The largest absolute Gasteiger partial charge is 0.368 e. The zero-order valence-corrected chi connectivity index (χ0v) is 9.85. The van der Waals surface area contributed by atoms with Gasteiger partial charge < -0.3 is 10.6 Å². The highest BCUT2D eigenvalue weighted by Crippen LogP contribution is 2.28. The van der Waals surface area contributed by atoms with Gasteiger partial charge in [0.25, 0.3) is 0 Å². The Bertz CT molecular complexity index is 534. The van der Waals surface area contributed by atoms with Gasteiger partial charge in [-0.3, -0.25) is 5.10 Å². The monoisotopic (exact) mass is 232 g/mol. The van der Waals surface area contributed by atoms with Gasteiger partial charge in [0.15, 0.2) is 5.65 Å². The third-order valence-electron chi connectivity index (χ3n) is 3.38. The SMILES string of the molecule is CC1CCCCN1c1nc(N)nc2[nH]ncc12. The molecular weight excluding hydrogens is 216 g/mol. The Morgan fingerprint density at radius 2 is 2.29 bits per heavy atom. The van der Waals surface area contributed by atoms with Gasteiger partial charge in [0, 0.05) is 12.6 Å². The van der Waals surface area contributed by atoms with Crippen molar-refractivity contribution >= 4 is 22.8 Å². The minimum atomic E-state index is 0.300. The highest BCUT2D eigenvalue weighted by Gasteiger charge is 2.22. The predicted molar refractivity (Wildman–Crippen MR) is 66.8 cm³/mol. The number of hydrogen-bond acceptors (Lipinski definition) is 5. The third kappa shape index (κ3) is 1.69. The van der Waals surface area contributed by atoms with Crippen molar-refractivity contribution in [3.8, 4) is 0 Å². The molecule has 6 heteroatoms. The minimum absolute atomic E-state index is 0.300. The first-order valence-corrected chi connectivity index (χ1v) is 5.99. The Balaban J connectivity index is 2.11. The van der Waals surface area contributed by atoms with Gasteiger partial charge >= 0.3 is 0 Å². The van der Waals surface area contributed by atoms with Gasteiger partial charge in [-0.25, -0.2) is 0 Å². The summed E-state index contributed by atoms with van der Waals surface area (Å²) in [5.74, 6) is 1.21. The lowest BCUT2D eigenvalue weighted by molar-refractivity contribution is 0.482. The van der Waals surface area contributed by atoms with Gasteiger partial charge in [-0.15, -0.1) is 0 Å². The van der Waals surface area contributed by atoms with Crippen LogP contribution in [0.25, 0.3) is 11.0 Å². The van der Waals surface area contributed by atoms with E-state index in [0.29, 0.717) is 17.6 Å². The van der Waals surface area contributed by atoms with Crippen molar-refractivity contribution in [1.29, 1.82) is 0 Å². The van der Waals surface area contributed by atoms with E-state index in [-0.39, 0.29) is 0 Å². The van der Waals surface area contributed by atoms with Gasteiger partial charge in [0.2, 0.25) is 5.95 Å². The number of nitrogens with one attached hydrogen (secondary N) is 1. The number of hydrogen-bond donors (Lipinski definition) is 2. The van der Waals surface area contributed by atoms with Gasteiger partial charge in [-0.05, 0) is 26.2 Å². The first kappa shape index (κ1) is 10.3. The van der Waals surface area contributed by atoms with E-state index in [1.54, 1.807) is 6.20 Å². The molecule has 0 amide bonds. The maximum atomic E-state index is 5.74. The number of piperidine rings is 1. The van der Waals surface area contributed by atoms with Crippen LogP contribution in [0, 0.1) is 0 Å². The minimum Gasteiger partial charge on any atom is -0.368 e. The van der Waals surface area contributed by atoms with E-state index in [1.165, 1.54) is 19.3 Å². The molecule has 90 valence electrons. The maximum Gasteiger partial charge on any atom is 0.224 e. The van der Waals surface area contributed by atoms with Crippen LogP contribution in [0.4, 0.5) is 11.8 Å². The second kappa shape index (κ2) is 3.87. The number of aromatic nitrogens is 4. The predicted octanol–water partition coefficient (Wildman–Crippen LogP) is 1.31. The van der Waals surface area contributed by atoms with E-state index in [1.807, 2.05) is 0 Å². The average molecular weight is 232 g/mol. The van der Waals surface area contributed by atoms with Crippen LogP contribution in [0.1, 0.15) is 26.2 Å². The van der Waals surface area contributed by atoms with Gasteiger partial charge in [-0.2, -0.15) is 15.1 Å². The highest BCUT2D eigenvalue weighted by molar-refractivity contribution is 5.87. The average Bonchev–Trinajstić information content (AvgIpc) is 2.76. The Morgan fingerprint density at radius 1 is 1.41 bits per heavy atom. The molecule has 0 radical (unpaired) electrons. The van der Waals surface area contributed by atoms with Gasteiger partial charge in [-0.1, -0.05) is 0 Å². The van der Waals surface area contributed by atoms with E-state index in [9.17, 15) is 0 Å². The lowest BCUT2D eigenvalue weighted by atomic mass is 10.0. The lowest BCUT2D eigenvalue weighted by Gasteiger charge is -2.34. The Kier molecular flexibility index (Phi) is 2.35. The van der Waals surface area contributed by atoms with Crippen molar-refractivity contribution in [3.05, 3.63) is 6.20 Å². The second-order valence-electron chi connectivity index (χ2n) is 4.58. The molecule has 6 nitrogen and oxygen atoms in total. The zero-order valence-electron chi connectivity index (χ0n) is 9.85. The fraction of sp³-hybridized carbons (Fsp3) is 0.545. The molecule has 0 spiro atoms. The molecule has 0 aromatic carbocycles. The van der Waals surface area contributed by atoms with Crippen molar-refractivity contribution in [2.24, 2.45) is 0 Å². The number of fused-ring (bicyclic) bond motifs is 1. The van der Waals surface area contributed by atoms with Crippen molar-refractivity contribution < 1.29 is 0 Å². The number of anilines is 2. The van der Waals surface area contributed by atoms with Crippen LogP contribution in [0.3, 0.4) is 0 Å². The molecule has 0 bridgehead atoms. The molecule has 0 aliphatic carbocycles. The molecule has 1 aliphatic rings. The molecule has 2 aromatic rings. The van der Waals surface area contributed by atoms with Crippen LogP contribution < -0.4 is 10.6 Å². The van der Waals surface area contributed by atoms with Crippen LogP contribution in [0.15, 0.2) is 6.20 Å². The summed E-state index contributed by atoms with van der Waals surface area (Å²) in [7, 11) is 0. The Hall–Kier alpha value is -1.85. The van der Waals surface area contributed by atoms with Gasteiger partial charge in [0.1, 0.15) is 5.82 Å².